The summed E-state index contributed by atoms with van der Waals surface area (Å²) in [4.78, 5) is 19.4. The number of amides is 1. The van der Waals surface area contributed by atoms with Gasteiger partial charge in [-0.25, -0.2) is 4.98 Å². The van der Waals surface area contributed by atoms with Crippen LogP contribution >= 0.6 is 11.3 Å². The van der Waals surface area contributed by atoms with Crippen molar-refractivity contribution in [1.29, 1.82) is 0 Å². The fraction of sp³-hybridized carbons (Fsp3) is 0.667. The molecule has 4 nitrogen and oxygen atoms in total. The van der Waals surface area contributed by atoms with Gasteiger partial charge in [-0.3, -0.25) is 4.79 Å². The first-order valence-corrected chi connectivity index (χ1v) is 6.81. The zero-order valence-corrected chi connectivity index (χ0v) is 11.4. The van der Waals surface area contributed by atoms with E-state index in [1.165, 1.54) is 11.3 Å². The number of hydrogen-bond donors (Lipinski definition) is 1. The number of likely N-dealkylation sites (N-methyl/N-ethyl adjacent to an activating group) is 1. The summed E-state index contributed by atoms with van der Waals surface area (Å²) in [5.41, 5.74) is 0.842. The molecule has 2 heterocycles. The van der Waals surface area contributed by atoms with Crippen molar-refractivity contribution >= 4 is 17.2 Å². The molecule has 1 amide bonds. The molecule has 1 fully saturated rings. The number of carbonyl (C=O) groups excluding carboxylic acids is 1. The molecule has 1 aromatic rings. The lowest BCUT2D eigenvalue weighted by Crippen LogP contribution is -2.46. The normalized spacial score (nSPS) is 21.5. The smallest absolute Gasteiger partial charge is 0.263 e. The lowest BCUT2D eigenvalue weighted by molar-refractivity contribution is 0.0916. The predicted molar refractivity (Wildman–Crippen MR) is 69.6 cm³/mol. The van der Waals surface area contributed by atoms with Crippen molar-refractivity contribution in [3.05, 3.63) is 15.6 Å². The largest absolute Gasteiger partial charge is 0.347 e. The van der Waals surface area contributed by atoms with Crippen molar-refractivity contribution in [1.82, 2.24) is 15.2 Å². The van der Waals surface area contributed by atoms with Gasteiger partial charge in [0.2, 0.25) is 0 Å². The summed E-state index contributed by atoms with van der Waals surface area (Å²) in [6.07, 6.45) is 2.23. The SMILES string of the molecule is Cc1nc(C)c(C(=O)N[C@@H]2CCCN(C)C2)s1. The van der Waals surface area contributed by atoms with Gasteiger partial charge in [0, 0.05) is 12.6 Å². The Hall–Kier alpha value is -0.940. The molecule has 0 spiro atoms. The third-order valence-electron chi connectivity index (χ3n) is 3.07. The highest BCUT2D eigenvalue weighted by molar-refractivity contribution is 7.13. The molecule has 1 aliphatic rings. The Morgan fingerprint density at radius 1 is 1.53 bits per heavy atom. The number of rotatable bonds is 2. The van der Waals surface area contributed by atoms with Gasteiger partial charge >= 0.3 is 0 Å². The summed E-state index contributed by atoms with van der Waals surface area (Å²) >= 11 is 1.48. The van der Waals surface area contributed by atoms with Gasteiger partial charge in [0.1, 0.15) is 4.88 Å². The highest BCUT2D eigenvalue weighted by Gasteiger charge is 2.21. The van der Waals surface area contributed by atoms with Crippen molar-refractivity contribution < 1.29 is 4.79 Å². The predicted octanol–water partition coefficient (Wildman–Crippen LogP) is 1.58. The summed E-state index contributed by atoms with van der Waals surface area (Å²) in [7, 11) is 2.10. The van der Waals surface area contributed by atoms with Crippen LogP contribution in [0.3, 0.4) is 0 Å². The van der Waals surface area contributed by atoms with Crippen LogP contribution in [0.4, 0.5) is 0 Å². The van der Waals surface area contributed by atoms with E-state index in [4.69, 9.17) is 0 Å². The Morgan fingerprint density at radius 2 is 2.29 bits per heavy atom. The van der Waals surface area contributed by atoms with E-state index in [0.29, 0.717) is 0 Å². The van der Waals surface area contributed by atoms with E-state index in [0.717, 1.165) is 41.5 Å². The van der Waals surface area contributed by atoms with Crippen molar-refractivity contribution in [2.75, 3.05) is 20.1 Å². The molecule has 0 aromatic carbocycles. The Morgan fingerprint density at radius 3 is 2.88 bits per heavy atom. The molecule has 0 radical (unpaired) electrons. The van der Waals surface area contributed by atoms with Gasteiger partial charge in [-0.1, -0.05) is 0 Å². The number of likely N-dealkylation sites (tertiary alicyclic amines) is 1. The molecular formula is C12H19N3OS. The van der Waals surface area contributed by atoms with Crippen LogP contribution in [0.2, 0.25) is 0 Å². The molecule has 1 N–H and O–H groups in total. The first-order valence-electron chi connectivity index (χ1n) is 5.99. The second-order valence-electron chi connectivity index (χ2n) is 4.72. The number of hydrogen-bond acceptors (Lipinski definition) is 4. The molecule has 17 heavy (non-hydrogen) atoms. The fourth-order valence-electron chi connectivity index (χ4n) is 2.28. The Balaban J connectivity index is 1.99. The molecule has 1 atom stereocenters. The highest BCUT2D eigenvalue weighted by atomic mass is 32.1. The van der Waals surface area contributed by atoms with E-state index >= 15 is 0 Å². The van der Waals surface area contributed by atoms with Gasteiger partial charge in [-0.15, -0.1) is 11.3 Å². The summed E-state index contributed by atoms with van der Waals surface area (Å²) < 4.78 is 0. The zero-order chi connectivity index (χ0) is 12.4. The molecule has 5 heteroatoms. The molecule has 0 bridgehead atoms. The summed E-state index contributed by atoms with van der Waals surface area (Å²) in [5, 5.41) is 4.06. The second-order valence-corrected chi connectivity index (χ2v) is 5.93. The van der Waals surface area contributed by atoms with E-state index in [-0.39, 0.29) is 11.9 Å². The second kappa shape index (κ2) is 5.14. The fourth-order valence-corrected chi connectivity index (χ4v) is 3.10. The highest BCUT2D eigenvalue weighted by Crippen LogP contribution is 2.17. The topological polar surface area (TPSA) is 45.2 Å². The van der Waals surface area contributed by atoms with E-state index < -0.39 is 0 Å². The number of thiazole rings is 1. The molecule has 0 aliphatic carbocycles. The minimum atomic E-state index is 0.0356. The number of nitrogens with zero attached hydrogens (tertiary/aromatic N) is 2. The van der Waals surface area contributed by atoms with Crippen molar-refractivity contribution in [3.63, 3.8) is 0 Å². The van der Waals surface area contributed by atoms with Crippen LogP contribution < -0.4 is 5.32 Å². The summed E-state index contributed by atoms with van der Waals surface area (Å²) in [5.74, 6) is 0.0356. The first-order chi connectivity index (χ1) is 8.06. The standard InChI is InChI=1S/C12H19N3OS/c1-8-11(17-9(2)13-8)12(16)14-10-5-4-6-15(3)7-10/h10H,4-7H2,1-3H3,(H,14,16)/t10-/m1/s1. The van der Waals surface area contributed by atoms with E-state index in [1.54, 1.807) is 0 Å². The molecule has 94 valence electrons. The van der Waals surface area contributed by atoms with Crippen LogP contribution in [0.15, 0.2) is 0 Å². The number of nitrogens with one attached hydrogen (secondary N) is 1. The minimum absolute atomic E-state index is 0.0356. The van der Waals surface area contributed by atoms with Crippen molar-refractivity contribution in [3.8, 4) is 0 Å². The Labute approximate surface area is 106 Å². The number of piperidine rings is 1. The maximum Gasteiger partial charge on any atom is 0.263 e. The molecule has 2 rings (SSSR count). The zero-order valence-electron chi connectivity index (χ0n) is 10.6. The van der Waals surface area contributed by atoms with Gasteiger partial charge in [0.05, 0.1) is 10.7 Å². The van der Waals surface area contributed by atoms with Gasteiger partial charge in [-0.05, 0) is 40.3 Å². The van der Waals surface area contributed by atoms with Gasteiger partial charge < -0.3 is 10.2 Å². The summed E-state index contributed by atoms with van der Waals surface area (Å²) in [6.45, 7) is 5.90. The number of aryl methyl sites for hydroxylation is 2. The maximum atomic E-state index is 12.1. The van der Waals surface area contributed by atoms with Crippen LogP contribution in [-0.2, 0) is 0 Å². The lowest BCUT2D eigenvalue weighted by Gasteiger charge is -2.30. The quantitative estimate of drug-likeness (QED) is 0.870. The molecular weight excluding hydrogens is 234 g/mol. The van der Waals surface area contributed by atoms with Gasteiger partial charge in [0.15, 0.2) is 0 Å². The Kier molecular flexibility index (Phi) is 3.79. The lowest BCUT2D eigenvalue weighted by atomic mass is 10.1. The third kappa shape index (κ3) is 3.04. The first kappa shape index (κ1) is 12.5. The van der Waals surface area contributed by atoms with Gasteiger partial charge in [-0.2, -0.15) is 0 Å². The number of carbonyl (C=O) groups is 1. The average Bonchev–Trinajstić information content (AvgIpc) is 2.58. The van der Waals surface area contributed by atoms with E-state index in [1.807, 2.05) is 13.8 Å². The molecule has 0 unspecified atom stereocenters. The molecule has 0 saturated carbocycles. The monoisotopic (exact) mass is 253 g/mol. The molecule has 1 saturated heterocycles. The Bertz CT molecular complexity index is 416. The average molecular weight is 253 g/mol. The molecule has 1 aliphatic heterocycles. The minimum Gasteiger partial charge on any atom is -0.347 e. The maximum absolute atomic E-state index is 12.1. The third-order valence-corrected chi connectivity index (χ3v) is 4.14. The van der Waals surface area contributed by atoms with Crippen LogP contribution in [-0.4, -0.2) is 42.0 Å². The van der Waals surface area contributed by atoms with E-state index in [9.17, 15) is 4.79 Å². The van der Waals surface area contributed by atoms with Gasteiger partial charge in [0.25, 0.3) is 5.91 Å². The summed E-state index contributed by atoms with van der Waals surface area (Å²) in [6, 6.07) is 0.281. The number of aromatic nitrogens is 1. The van der Waals surface area contributed by atoms with Crippen LogP contribution in [0.5, 0.6) is 0 Å². The molecule has 1 aromatic heterocycles. The van der Waals surface area contributed by atoms with Crippen LogP contribution in [0.25, 0.3) is 0 Å². The van der Waals surface area contributed by atoms with Crippen LogP contribution in [0, 0.1) is 13.8 Å². The van der Waals surface area contributed by atoms with Crippen LogP contribution in [0.1, 0.15) is 33.2 Å². The van der Waals surface area contributed by atoms with Crippen molar-refractivity contribution in [2.24, 2.45) is 0 Å². The van der Waals surface area contributed by atoms with E-state index in [2.05, 4.69) is 22.2 Å². The van der Waals surface area contributed by atoms with Crippen molar-refractivity contribution in [2.45, 2.75) is 32.7 Å².